The molecule has 0 aromatic carbocycles. The van der Waals surface area contributed by atoms with E-state index < -0.39 is 0 Å². The quantitative estimate of drug-likeness (QED) is 0.782. The molecule has 3 fully saturated rings. The Morgan fingerprint density at radius 2 is 1.90 bits per heavy atom. The highest BCUT2D eigenvalue weighted by Gasteiger charge is 2.47. The second kappa shape index (κ2) is 6.95. The van der Waals surface area contributed by atoms with Gasteiger partial charge in [-0.2, -0.15) is 0 Å². The summed E-state index contributed by atoms with van der Waals surface area (Å²) in [5, 5.41) is 3.72. The predicted molar refractivity (Wildman–Crippen MR) is 84.3 cm³/mol. The van der Waals surface area contributed by atoms with Crippen molar-refractivity contribution in [1.82, 2.24) is 10.2 Å². The number of likely N-dealkylation sites (N-methyl/N-ethyl adjacent to an activating group) is 1. The van der Waals surface area contributed by atoms with Crippen LogP contribution in [0.3, 0.4) is 0 Å². The van der Waals surface area contributed by atoms with Gasteiger partial charge in [0.2, 0.25) is 0 Å². The lowest BCUT2D eigenvalue weighted by molar-refractivity contribution is -0.193. The molecule has 0 aromatic rings. The second-order valence-corrected chi connectivity index (χ2v) is 7.02. The first-order valence-electron chi connectivity index (χ1n) is 9.01. The third kappa shape index (κ3) is 3.79. The SMILES string of the molecule is CCCN(CC1CC1)C1CC2(CCC1NCC)OCCO2. The molecule has 1 N–H and O–H groups in total. The van der Waals surface area contributed by atoms with Crippen molar-refractivity contribution in [1.29, 1.82) is 0 Å². The van der Waals surface area contributed by atoms with Crippen LogP contribution in [0.5, 0.6) is 0 Å². The Kier molecular flexibility index (Phi) is 5.20. The van der Waals surface area contributed by atoms with Crippen molar-refractivity contribution in [2.75, 3.05) is 32.8 Å². The van der Waals surface area contributed by atoms with Gasteiger partial charge in [0.05, 0.1) is 13.2 Å². The van der Waals surface area contributed by atoms with Crippen LogP contribution in [-0.2, 0) is 9.47 Å². The highest BCUT2D eigenvalue weighted by atomic mass is 16.7. The Bertz CT molecular complexity index is 327. The minimum atomic E-state index is -0.272. The van der Waals surface area contributed by atoms with Crippen LogP contribution in [0.2, 0.25) is 0 Å². The standard InChI is InChI=1S/C17H32N2O2/c1-3-9-19(13-14-5-6-14)16-12-17(20-10-11-21-17)8-7-15(16)18-4-2/h14-16,18H,3-13H2,1-2H3. The number of hydrogen-bond donors (Lipinski definition) is 1. The van der Waals surface area contributed by atoms with Crippen molar-refractivity contribution in [3.05, 3.63) is 0 Å². The van der Waals surface area contributed by atoms with E-state index in [2.05, 4.69) is 24.1 Å². The largest absolute Gasteiger partial charge is 0.347 e. The minimum absolute atomic E-state index is 0.272. The molecule has 21 heavy (non-hydrogen) atoms. The van der Waals surface area contributed by atoms with Gasteiger partial charge in [0.15, 0.2) is 5.79 Å². The first kappa shape index (κ1) is 15.7. The van der Waals surface area contributed by atoms with Gasteiger partial charge in [0.1, 0.15) is 0 Å². The van der Waals surface area contributed by atoms with Gasteiger partial charge in [-0.25, -0.2) is 0 Å². The van der Waals surface area contributed by atoms with Gasteiger partial charge in [-0.3, -0.25) is 4.90 Å². The van der Waals surface area contributed by atoms with E-state index in [1.54, 1.807) is 0 Å². The molecule has 1 aliphatic heterocycles. The van der Waals surface area contributed by atoms with Crippen LogP contribution in [0.15, 0.2) is 0 Å². The van der Waals surface area contributed by atoms with Gasteiger partial charge in [-0.15, -0.1) is 0 Å². The van der Waals surface area contributed by atoms with E-state index in [0.29, 0.717) is 12.1 Å². The fourth-order valence-electron chi connectivity index (χ4n) is 4.09. The van der Waals surface area contributed by atoms with E-state index >= 15 is 0 Å². The lowest BCUT2D eigenvalue weighted by atomic mass is 9.84. The van der Waals surface area contributed by atoms with Crippen LogP contribution in [0.1, 0.15) is 52.4 Å². The van der Waals surface area contributed by atoms with Crippen molar-refractivity contribution in [2.24, 2.45) is 5.92 Å². The summed E-state index contributed by atoms with van der Waals surface area (Å²) in [5.74, 6) is 0.675. The van der Waals surface area contributed by atoms with Gasteiger partial charge in [0.25, 0.3) is 0 Å². The second-order valence-electron chi connectivity index (χ2n) is 7.02. The molecule has 2 saturated carbocycles. The molecule has 1 heterocycles. The summed E-state index contributed by atoms with van der Waals surface area (Å²) in [7, 11) is 0. The number of hydrogen-bond acceptors (Lipinski definition) is 4. The fourth-order valence-corrected chi connectivity index (χ4v) is 4.09. The van der Waals surface area contributed by atoms with Gasteiger partial charge in [0, 0.05) is 31.5 Å². The zero-order valence-corrected chi connectivity index (χ0v) is 13.8. The smallest absolute Gasteiger partial charge is 0.170 e. The molecule has 3 aliphatic rings. The van der Waals surface area contributed by atoms with Crippen LogP contribution < -0.4 is 5.32 Å². The average molecular weight is 296 g/mol. The monoisotopic (exact) mass is 296 g/mol. The Hall–Kier alpha value is -0.160. The van der Waals surface area contributed by atoms with Crippen LogP contribution >= 0.6 is 0 Å². The van der Waals surface area contributed by atoms with Crippen molar-refractivity contribution in [3.8, 4) is 0 Å². The van der Waals surface area contributed by atoms with Crippen molar-refractivity contribution >= 4 is 0 Å². The van der Waals surface area contributed by atoms with Crippen LogP contribution in [0.4, 0.5) is 0 Å². The van der Waals surface area contributed by atoms with Crippen LogP contribution in [-0.4, -0.2) is 55.6 Å². The van der Waals surface area contributed by atoms with Crippen LogP contribution in [0.25, 0.3) is 0 Å². The summed E-state index contributed by atoms with van der Waals surface area (Å²) in [6.07, 6.45) is 7.34. The normalized spacial score (nSPS) is 32.1. The molecule has 3 rings (SSSR count). The summed E-state index contributed by atoms with van der Waals surface area (Å²) in [4.78, 5) is 2.73. The molecule has 0 radical (unpaired) electrons. The minimum Gasteiger partial charge on any atom is -0.347 e. The van der Waals surface area contributed by atoms with E-state index in [0.717, 1.165) is 38.5 Å². The third-order valence-corrected chi connectivity index (χ3v) is 5.27. The zero-order valence-electron chi connectivity index (χ0n) is 13.8. The number of rotatable bonds is 7. The summed E-state index contributed by atoms with van der Waals surface area (Å²) in [6.45, 7) is 9.59. The molecule has 1 spiro atoms. The maximum absolute atomic E-state index is 6.01. The van der Waals surface area contributed by atoms with E-state index in [1.807, 2.05) is 0 Å². The lowest BCUT2D eigenvalue weighted by Crippen LogP contribution is -2.58. The van der Waals surface area contributed by atoms with Crippen LogP contribution in [0, 0.1) is 5.92 Å². The van der Waals surface area contributed by atoms with Gasteiger partial charge in [-0.05, 0) is 44.7 Å². The first-order valence-corrected chi connectivity index (χ1v) is 9.01. The van der Waals surface area contributed by atoms with E-state index in [1.165, 1.54) is 38.8 Å². The average Bonchev–Trinajstić information content (AvgIpc) is 3.20. The molecule has 2 unspecified atom stereocenters. The molecule has 0 bridgehead atoms. The number of nitrogens with one attached hydrogen (secondary N) is 1. The molecule has 2 aliphatic carbocycles. The van der Waals surface area contributed by atoms with Crippen molar-refractivity contribution < 1.29 is 9.47 Å². The first-order chi connectivity index (χ1) is 10.3. The topological polar surface area (TPSA) is 33.7 Å². The Morgan fingerprint density at radius 1 is 1.14 bits per heavy atom. The third-order valence-electron chi connectivity index (χ3n) is 5.27. The summed E-state index contributed by atoms with van der Waals surface area (Å²) in [5.41, 5.74) is 0. The van der Waals surface area contributed by atoms with E-state index in [9.17, 15) is 0 Å². The van der Waals surface area contributed by atoms with E-state index in [4.69, 9.17) is 9.47 Å². The molecular weight excluding hydrogens is 264 g/mol. The Labute approximate surface area is 129 Å². The summed E-state index contributed by atoms with van der Waals surface area (Å²) in [6, 6.07) is 1.16. The predicted octanol–water partition coefficient (Wildman–Crippen LogP) is 2.38. The molecule has 0 amide bonds. The van der Waals surface area contributed by atoms with Gasteiger partial charge >= 0.3 is 0 Å². The molecule has 1 saturated heterocycles. The summed E-state index contributed by atoms with van der Waals surface area (Å²) < 4.78 is 12.0. The van der Waals surface area contributed by atoms with Gasteiger partial charge in [-0.1, -0.05) is 13.8 Å². The highest BCUT2D eigenvalue weighted by Crippen LogP contribution is 2.39. The Morgan fingerprint density at radius 3 is 2.52 bits per heavy atom. The molecule has 4 nitrogen and oxygen atoms in total. The van der Waals surface area contributed by atoms with Crippen molar-refractivity contribution in [2.45, 2.75) is 70.2 Å². The summed E-state index contributed by atoms with van der Waals surface area (Å²) >= 11 is 0. The fraction of sp³-hybridized carbons (Fsp3) is 1.00. The van der Waals surface area contributed by atoms with Crippen molar-refractivity contribution in [3.63, 3.8) is 0 Å². The lowest BCUT2D eigenvalue weighted by Gasteiger charge is -2.46. The number of ether oxygens (including phenoxy) is 2. The Balaban J connectivity index is 1.70. The molecule has 2 atom stereocenters. The molecule has 122 valence electrons. The highest BCUT2D eigenvalue weighted by molar-refractivity contribution is 4.97. The number of nitrogens with zero attached hydrogens (tertiary/aromatic N) is 1. The van der Waals surface area contributed by atoms with Gasteiger partial charge < -0.3 is 14.8 Å². The zero-order chi connectivity index (χ0) is 14.7. The molecule has 0 aromatic heterocycles. The van der Waals surface area contributed by atoms with E-state index in [-0.39, 0.29) is 5.79 Å². The maximum Gasteiger partial charge on any atom is 0.170 e. The maximum atomic E-state index is 6.01. The molecular formula is C17H32N2O2. The molecule has 4 heteroatoms.